The second-order valence-corrected chi connectivity index (χ2v) is 5.34. The molecule has 1 aromatic heterocycles. The van der Waals surface area contributed by atoms with E-state index in [1.807, 2.05) is 18.2 Å². The molecule has 3 rings (SSSR count). The van der Waals surface area contributed by atoms with Crippen molar-refractivity contribution in [1.82, 2.24) is 10.3 Å². The van der Waals surface area contributed by atoms with E-state index in [9.17, 15) is 9.59 Å². The van der Waals surface area contributed by atoms with Crippen molar-refractivity contribution >= 4 is 17.5 Å². The quantitative estimate of drug-likeness (QED) is 0.931. The molecule has 112 valence electrons. The maximum atomic E-state index is 11.9. The number of aromatic nitrogens is 1. The molecular formula is C17H17N3O2. The summed E-state index contributed by atoms with van der Waals surface area (Å²) in [4.78, 5) is 29.2. The molecule has 1 N–H and O–H groups in total. The molecule has 22 heavy (non-hydrogen) atoms. The SMILES string of the molecule is CN1C(=O)Cc2cc(CCNC(=O)c3cccnc3)ccc21. The first-order valence-corrected chi connectivity index (χ1v) is 7.22. The van der Waals surface area contributed by atoms with Crippen molar-refractivity contribution in [2.45, 2.75) is 12.8 Å². The van der Waals surface area contributed by atoms with Gasteiger partial charge in [0.2, 0.25) is 5.91 Å². The predicted molar refractivity (Wildman–Crippen MR) is 83.8 cm³/mol. The fourth-order valence-electron chi connectivity index (χ4n) is 2.60. The number of amides is 2. The zero-order valence-electron chi connectivity index (χ0n) is 12.4. The van der Waals surface area contributed by atoms with Gasteiger partial charge in [0.25, 0.3) is 5.91 Å². The molecule has 0 spiro atoms. The van der Waals surface area contributed by atoms with Crippen LogP contribution in [0.1, 0.15) is 21.5 Å². The molecule has 5 heteroatoms. The van der Waals surface area contributed by atoms with E-state index < -0.39 is 0 Å². The van der Waals surface area contributed by atoms with Gasteiger partial charge in [0.1, 0.15) is 0 Å². The number of rotatable bonds is 4. The Kier molecular flexibility index (Phi) is 3.87. The highest BCUT2D eigenvalue weighted by Gasteiger charge is 2.23. The van der Waals surface area contributed by atoms with E-state index in [1.165, 1.54) is 0 Å². The van der Waals surface area contributed by atoms with Crippen molar-refractivity contribution < 1.29 is 9.59 Å². The number of carbonyl (C=O) groups is 2. The van der Waals surface area contributed by atoms with Gasteiger partial charge in [0, 0.05) is 31.7 Å². The zero-order valence-corrected chi connectivity index (χ0v) is 12.4. The average molecular weight is 295 g/mol. The third-order valence-electron chi connectivity index (χ3n) is 3.84. The van der Waals surface area contributed by atoms with Gasteiger partial charge in [-0.1, -0.05) is 12.1 Å². The summed E-state index contributed by atoms with van der Waals surface area (Å²) in [5.74, 6) is 0.00111. The molecule has 2 heterocycles. The lowest BCUT2D eigenvalue weighted by molar-refractivity contribution is -0.117. The fourth-order valence-corrected chi connectivity index (χ4v) is 2.60. The van der Waals surface area contributed by atoms with Crippen LogP contribution in [0.5, 0.6) is 0 Å². The molecule has 0 atom stereocenters. The van der Waals surface area contributed by atoms with E-state index in [2.05, 4.69) is 10.3 Å². The first kappa shape index (κ1) is 14.3. The minimum Gasteiger partial charge on any atom is -0.352 e. The van der Waals surface area contributed by atoms with Gasteiger partial charge in [-0.3, -0.25) is 14.6 Å². The molecule has 0 aliphatic carbocycles. The average Bonchev–Trinajstić information content (AvgIpc) is 2.82. The molecule has 1 aromatic carbocycles. The lowest BCUT2D eigenvalue weighted by atomic mass is 10.1. The standard InChI is InChI=1S/C17H17N3O2/c1-20-15-5-4-12(9-14(15)10-16(20)21)6-8-19-17(22)13-3-2-7-18-11-13/h2-5,7,9,11H,6,8,10H2,1H3,(H,19,22). The Hall–Kier alpha value is -2.69. The lowest BCUT2D eigenvalue weighted by Gasteiger charge is -2.11. The minimum atomic E-state index is -0.121. The van der Waals surface area contributed by atoms with Crippen LogP contribution in [0.4, 0.5) is 5.69 Å². The van der Waals surface area contributed by atoms with E-state index in [1.54, 1.807) is 36.5 Å². The largest absolute Gasteiger partial charge is 0.352 e. The molecule has 0 bridgehead atoms. The number of anilines is 1. The Balaban J connectivity index is 1.58. The number of hydrogen-bond acceptors (Lipinski definition) is 3. The van der Waals surface area contributed by atoms with E-state index in [0.29, 0.717) is 18.5 Å². The lowest BCUT2D eigenvalue weighted by Crippen LogP contribution is -2.25. The molecule has 0 unspecified atom stereocenters. The topological polar surface area (TPSA) is 62.3 Å². The molecule has 2 amide bonds. The van der Waals surface area contributed by atoms with Crippen molar-refractivity contribution in [2.24, 2.45) is 0 Å². The normalized spacial score (nSPS) is 13.1. The second-order valence-electron chi connectivity index (χ2n) is 5.34. The number of fused-ring (bicyclic) bond motifs is 1. The summed E-state index contributed by atoms with van der Waals surface area (Å²) in [5.41, 5.74) is 3.72. The van der Waals surface area contributed by atoms with Gasteiger partial charge in [-0.2, -0.15) is 0 Å². The fraction of sp³-hybridized carbons (Fsp3) is 0.235. The summed E-state index contributed by atoms with van der Waals surface area (Å²) in [5, 5.41) is 2.88. The Morgan fingerprint density at radius 2 is 2.23 bits per heavy atom. The Morgan fingerprint density at radius 3 is 3.00 bits per heavy atom. The van der Waals surface area contributed by atoms with Crippen molar-refractivity contribution in [2.75, 3.05) is 18.5 Å². The smallest absolute Gasteiger partial charge is 0.252 e. The van der Waals surface area contributed by atoms with Gasteiger partial charge in [-0.15, -0.1) is 0 Å². The maximum Gasteiger partial charge on any atom is 0.252 e. The Labute approximate surface area is 129 Å². The molecule has 1 aliphatic rings. The van der Waals surface area contributed by atoms with Crippen LogP contribution in [0.15, 0.2) is 42.7 Å². The Morgan fingerprint density at radius 1 is 1.36 bits per heavy atom. The molecule has 5 nitrogen and oxygen atoms in total. The zero-order chi connectivity index (χ0) is 15.5. The molecule has 1 aliphatic heterocycles. The van der Waals surface area contributed by atoms with E-state index in [-0.39, 0.29) is 11.8 Å². The molecule has 2 aromatic rings. The highest BCUT2D eigenvalue weighted by Crippen LogP contribution is 2.28. The number of nitrogens with one attached hydrogen (secondary N) is 1. The van der Waals surface area contributed by atoms with Crippen LogP contribution in [0.3, 0.4) is 0 Å². The van der Waals surface area contributed by atoms with Crippen molar-refractivity contribution in [1.29, 1.82) is 0 Å². The molecule has 0 fully saturated rings. The number of hydrogen-bond donors (Lipinski definition) is 1. The Bertz CT molecular complexity index is 713. The maximum absolute atomic E-state index is 11.9. The summed E-state index contributed by atoms with van der Waals surface area (Å²) in [6.45, 7) is 0.552. The van der Waals surface area contributed by atoms with E-state index >= 15 is 0 Å². The van der Waals surface area contributed by atoms with E-state index in [0.717, 1.165) is 23.2 Å². The molecule has 0 radical (unpaired) electrons. The number of carbonyl (C=O) groups excluding carboxylic acids is 2. The van der Waals surface area contributed by atoms with Crippen molar-refractivity contribution in [3.05, 3.63) is 59.4 Å². The van der Waals surface area contributed by atoms with Crippen molar-refractivity contribution in [3.63, 3.8) is 0 Å². The molecule has 0 saturated carbocycles. The first-order chi connectivity index (χ1) is 10.6. The highest BCUT2D eigenvalue weighted by atomic mass is 16.2. The van der Waals surface area contributed by atoms with Crippen LogP contribution >= 0.6 is 0 Å². The van der Waals surface area contributed by atoms with Gasteiger partial charge in [0.15, 0.2) is 0 Å². The van der Waals surface area contributed by atoms with Crippen molar-refractivity contribution in [3.8, 4) is 0 Å². The number of benzene rings is 1. The van der Waals surface area contributed by atoms with Crippen LogP contribution in [-0.2, 0) is 17.6 Å². The highest BCUT2D eigenvalue weighted by molar-refractivity contribution is 6.00. The van der Waals surface area contributed by atoms with Gasteiger partial charge in [-0.05, 0) is 35.7 Å². The van der Waals surface area contributed by atoms with Gasteiger partial charge in [0.05, 0.1) is 12.0 Å². The third-order valence-corrected chi connectivity index (χ3v) is 3.84. The monoisotopic (exact) mass is 295 g/mol. The predicted octanol–water partition coefficient (Wildman–Crippen LogP) is 1.57. The number of pyridine rings is 1. The van der Waals surface area contributed by atoms with E-state index in [4.69, 9.17) is 0 Å². The van der Waals surface area contributed by atoms with Crippen LogP contribution in [0, 0.1) is 0 Å². The minimum absolute atomic E-state index is 0.121. The van der Waals surface area contributed by atoms with Crippen LogP contribution in [0.25, 0.3) is 0 Å². The summed E-state index contributed by atoms with van der Waals surface area (Å²) < 4.78 is 0. The molecule has 0 saturated heterocycles. The number of nitrogens with zero attached hydrogens (tertiary/aromatic N) is 2. The summed E-state index contributed by atoms with van der Waals surface area (Å²) in [6.07, 6.45) is 4.38. The van der Waals surface area contributed by atoms with Gasteiger partial charge in [-0.25, -0.2) is 0 Å². The van der Waals surface area contributed by atoms with Crippen LogP contribution in [0.2, 0.25) is 0 Å². The van der Waals surface area contributed by atoms with Gasteiger partial charge < -0.3 is 10.2 Å². The summed E-state index contributed by atoms with van der Waals surface area (Å²) in [7, 11) is 1.79. The second kappa shape index (κ2) is 5.97. The van der Waals surface area contributed by atoms with Crippen LogP contribution in [-0.4, -0.2) is 30.4 Å². The third kappa shape index (κ3) is 2.83. The summed E-state index contributed by atoms with van der Waals surface area (Å²) in [6, 6.07) is 9.50. The first-order valence-electron chi connectivity index (χ1n) is 7.22. The summed E-state index contributed by atoms with van der Waals surface area (Å²) >= 11 is 0. The van der Waals surface area contributed by atoms with Crippen LogP contribution < -0.4 is 10.2 Å². The van der Waals surface area contributed by atoms with Gasteiger partial charge >= 0.3 is 0 Å². The number of likely N-dealkylation sites (N-methyl/N-ethyl adjacent to an activating group) is 1. The molecular weight excluding hydrogens is 278 g/mol.